The third-order valence-corrected chi connectivity index (χ3v) is 7.65. The van der Waals surface area contributed by atoms with E-state index in [1.807, 2.05) is 42.5 Å². The smallest absolute Gasteiger partial charge is 0.243 e. The van der Waals surface area contributed by atoms with Crippen LogP contribution in [-0.2, 0) is 14.8 Å². The van der Waals surface area contributed by atoms with Crippen LogP contribution in [0.2, 0.25) is 0 Å². The summed E-state index contributed by atoms with van der Waals surface area (Å²) in [5.74, 6) is -2.88. The van der Waals surface area contributed by atoms with Crippen LogP contribution in [0.3, 0.4) is 0 Å². The van der Waals surface area contributed by atoms with Gasteiger partial charge in [0.1, 0.15) is 0 Å². The summed E-state index contributed by atoms with van der Waals surface area (Å²) < 4.78 is 53.5. The SMILES string of the molecule is O=C(NC(c1ccccc1)c1ccccn1)C1CCN(S(=O)(=O)c2ccc(F)c(F)c2)CC1. The standard InChI is InChI=1S/C24H23F2N3O3S/c25-20-10-9-19(16-21(20)26)33(31,32)29-14-11-18(12-15-29)24(30)28-23(17-6-2-1-3-7-17)22-8-4-5-13-27-22/h1-10,13,16,18,23H,11-12,14-15H2,(H,28,30). The minimum absolute atomic E-state index is 0.110. The minimum Gasteiger partial charge on any atom is -0.343 e. The number of amides is 1. The van der Waals surface area contributed by atoms with E-state index < -0.39 is 27.7 Å². The number of hydrogen-bond donors (Lipinski definition) is 1. The fraction of sp³-hybridized carbons (Fsp3) is 0.250. The second kappa shape index (κ2) is 9.76. The van der Waals surface area contributed by atoms with Crippen LogP contribution in [0.1, 0.15) is 30.1 Å². The van der Waals surface area contributed by atoms with Gasteiger partial charge in [-0.1, -0.05) is 36.4 Å². The van der Waals surface area contributed by atoms with Gasteiger partial charge in [-0.15, -0.1) is 0 Å². The summed E-state index contributed by atoms with van der Waals surface area (Å²) in [6, 6.07) is 17.1. The number of rotatable bonds is 6. The average molecular weight is 472 g/mol. The Labute approximate surface area is 191 Å². The molecule has 0 aliphatic carbocycles. The first-order valence-corrected chi connectivity index (χ1v) is 12.0. The molecule has 1 aromatic heterocycles. The van der Waals surface area contributed by atoms with Crippen LogP contribution < -0.4 is 5.32 Å². The zero-order valence-corrected chi connectivity index (χ0v) is 18.5. The number of hydrogen-bond acceptors (Lipinski definition) is 4. The van der Waals surface area contributed by atoms with Gasteiger partial charge in [-0.25, -0.2) is 17.2 Å². The predicted molar refractivity (Wildman–Crippen MR) is 119 cm³/mol. The molecule has 1 aliphatic heterocycles. The van der Waals surface area contributed by atoms with Crippen molar-refractivity contribution >= 4 is 15.9 Å². The van der Waals surface area contributed by atoms with Crippen LogP contribution in [0.5, 0.6) is 0 Å². The monoisotopic (exact) mass is 471 g/mol. The molecule has 33 heavy (non-hydrogen) atoms. The number of aromatic nitrogens is 1. The van der Waals surface area contributed by atoms with Gasteiger partial charge in [-0.2, -0.15) is 4.31 Å². The van der Waals surface area contributed by atoms with Crippen molar-refractivity contribution in [2.45, 2.75) is 23.8 Å². The number of nitrogens with one attached hydrogen (secondary N) is 1. The molecule has 1 atom stereocenters. The lowest BCUT2D eigenvalue weighted by Crippen LogP contribution is -2.43. The first kappa shape index (κ1) is 23.0. The van der Waals surface area contributed by atoms with Crippen molar-refractivity contribution in [3.63, 3.8) is 0 Å². The molecule has 0 bridgehead atoms. The molecule has 6 nitrogen and oxygen atoms in total. The molecule has 4 rings (SSSR count). The molecule has 3 aromatic rings. The van der Waals surface area contributed by atoms with E-state index in [0.717, 1.165) is 17.7 Å². The van der Waals surface area contributed by atoms with Crippen molar-refractivity contribution in [3.05, 3.63) is 95.8 Å². The summed E-state index contributed by atoms with van der Waals surface area (Å²) in [5, 5.41) is 3.06. The van der Waals surface area contributed by atoms with Gasteiger partial charge in [0.2, 0.25) is 15.9 Å². The molecular weight excluding hydrogens is 448 g/mol. The van der Waals surface area contributed by atoms with Crippen molar-refractivity contribution in [2.75, 3.05) is 13.1 Å². The fourth-order valence-corrected chi connectivity index (χ4v) is 5.41. The maximum atomic E-state index is 13.5. The van der Waals surface area contributed by atoms with Crippen LogP contribution in [0.25, 0.3) is 0 Å². The zero-order valence-electron chi connectivity index (χ0n) is 17.7. The lowest BCUT2D eigenvalue weighted by molar-refractivity contribution is -0.126. The minimum atomic E-state index is -3.97. The summed E-state index contributed by atoms with van der Waals surface area (Å²) in [4.78, 5) is 17.1. The van der Waals surface area contributed by atoms with E-state index in [9.17, 15) is 22.0 Å². The molecule has 0 saturated carbocycles. The molecule has 1 amide bonds. The van der Waals surface area contributed by atoms with E-state index in [1.165, 1.54) is 4.31 Å². The molecule has 172 valence electrons. The second-order valence-electron chi connectivity index (χ2n) is 7.86. The Morgan fingerprint density at radius 3 is 2.30 bits per heavy atom. The number of pyridine rings is 1. The summed E-state index contributed by atoms with van der Waals surface area (Å²) in [5.41, 5.74) is 1.60. The van der Waals surface area contributed by atoms with Gasteiger partial charge in [0.25, 0.3) is 0 Å². The number of carbonyl (C=O) groups is 1. The third-order valence-electron chi connectivity index (χ3n) is 5.76. The van der Waals surface area contributed by atoms with E-state index in [0.29, 0.717) is 24.6 Å². The number of benzene rings is 2. The number of piperidine rings is 1. The Morgan fingerprint density at radius 1 is 0.970 bits per heavy atom. The maximum Gasteiger partial charge on any atom is 0.243 e. The lowest BCUT2D eigenvalue weighted by atomic mass is 9.95. The number of carbonyl (C=O) groups excluding carboxylic acids is 1. The summed E-state index contributed by atoms with van der Waals surface area (Å²) in [7, 11) is -3.97. The number of halogens is 2. The summed E-state index contributed by atoms with van der Waals surface area (Å²) in [6.45, 7) is 0.220. The van der Waals surface area contributed by atoms with Crippen LogP contribution in [0, 0.1) is 17.6 Å². The molecule has 1 N–H and O–H groups in total. The van der Waals surface area contributed by atoms with Crippen molar-refractivity contribution in [1.82, 2.24) is 14.6 Å². The van der Waals surface area contributed by atoms with E-state index >= 15 is 0 Å². The third kappa shape index (κ3) is 5.09. The van der Waals surface area contributed by atoms with Gasteiger partial charge >= 0.3 is 0 Å². The molecular formula is C24H23F2N3O3S. The van der Waals surface area contributed by atoms with Crippen molar-refractivity contribution < 1.29 is 22.0 Å². The van der Waals surface area contributed by atoms with Crippen molar-refractivity contribution in [3.8, 4) is 0 Å². The highest BCUT2D eigenvalue weighted by molar-refractivity contribution is 7.89. The van der Waals surface area contributed by atoms with Crippen LogP contribution in [0.15, 0.2) is 77.8 Å². The van der Waals surface area contributed by atoms with Gasteiger partial charge in [0, 0.05) is 25.2 Å². The predicted octanol–water partition coefficient (Wildman–Crippen LogP) is 3.67. The van der Waals surface area contributed by atoms with Gasteiger partial charge in [-0.3, -0.25) is 9.78 Å². The molecule has 2 heterocycles. The summed E-state index contributed by atoms with van der Waals surface area (Å²) in [6.07, 6.45) is 2.30. The first-order valence-electron chi connectivity index (χ1n) is 10.6. The highest BCUT2D eigenvalue weighted by Gasteiger charge is 2.33. The Bertz CT molecular complexity index is 1180. The average Bonchev–Trinajstić information content (AvgIpc) is 2.85. The molecule has 9 heteroatoms. The largest absolute Gasteiger partial charge is 0.343 e. The Kier molecular flexibility index (Phi) is 6.80. The normalized spacial score (nSPS) is 16.3. The maximum absolute atomic E-state index is 13.5. The molecule has 1 saturated heterocycles. The van der Waals surface area contributed by atoms with E-state index in [1.54, 1.807) is 12.3 Å². The molecule has 0 radical (unpaired) electrons. The molecule has 2 aromatic carbocycles. The molecule has 1 aliphatic rings. The Hall–Kier alpha value is -3.17. The fourth-order valence-electron chi connectivity index (χ4n) is 3.93. The second-order valence-corrected chi connectivity index (χ2v) is 9.80. The zero-order chi connectivity index (χ0) is 23.4. The molecule has 0 spiro atoms. The topological polar surface area (TPSA) is 79.4 Å². The summed E-state index contributed by atoms with van der Waals surface area (Å²) >= 11 is 0. The first-order chi connectivity index (χ1) is 15.9. The van der Waals surface area contributed by atoms with Crippen LogP contribution in [0.4, 0.5) is 8.78 Å². The van der Waals surface area contributed by atoms with Gasteiger partial charge < -0.3 is 5.32 Å². The van der Waals surface area contributed by atoms with Crippen LogP contribution in [-0.4, -0.2) is 36.7 Å². The lowest BCUT2D eigenvalue weighted by Gasteiger charge is -2.31. The van der Waals surface area contributed by atoms with E-state index in [-0.39, 0.29) is 29.8 Å². The highest BCUT2D eigenvalue weighted by atomic mass is 32.2. The van der Waals surface area contributed by atoms with E-state index in [2.05, 4.69) is 10.3 Å². The Morgan fingerprint density at radius 2 is 1.67 bits per heavy atom. The molecule has 1 fully saturated rings. The number of sulfonamides is 1. The van der Waals surface area contributed by atoms with Crippen LogP contribution >= 0.6 is 0 Å². The van der Waals surface area contributed by atoms with Gasteiger partial charge in [0.05, 0.1) is 16.6 Å². The molecule has 1 unspecified atom stereocenters. The highest BCUT2D eigenvalue weighted by Crippen LogP contribution is 2.27. The number of nitrogens with zero attached hydrogens (tertiary/aromatic N) is 2. The van der Waals surface area contributed by atoms with Gasteiger partial charge in [0.15, 0.2) is 11.6 Å². The Balaban J connectivity index is 1.45. The quantitative estimate of drug-likeness (QED) is 0.595. The van der Waals surface area contributed by atoms with Gasteiger partial charge in [-0.05, 0) is 48.7 Å². The van der Waals surface area contributed by atoms with Crippen molar-refractivity contribution in [2.24, 2.45) is 5.92 Å². The van der Waals surface area contributed by atoms with E-state index in [4.69, 9.17) is 0 Å². The van der Waals surface area contributed by atoms with Crippen molar-refractivity contribution in [1.29, 1.82) is 0 Å².